The molecule has 1 aromatic carbocycles. The minimum atomic E-state index is -0.948. The van der Waals surface area contributed by atoms with E-state index in [-0.39, 0.29) is 24.5 Å². The number of aliphatic hydroxyl groups excluding tert-OH is 1. The summed E-state index contributed by atoms with van der Waals surface area (Å²) >= 11 is 0. The van der Waals surface area contributed by atoms with Crippen molar-refractivity contribution in [2.75, 3.05) is 13.2 Å². The monoisotopic (exact) mass is 334 g/mol. The number of rotatable bonds is 5. The minimum absolute atomic E-state index is 0.00630. The molecule has 1 heterocycles. The van der Waals surface area contributed by atoms with Crippen LogP contribution < -0.4 is 10.1 Å². The summed E-state index contributed by atoms with van der Waals surface area (Å²) < 4.78 is 5.55. The SMILES string of the molecule is CC1(C)NC(=O)N(CC(O)COc2ccc(C(C)(C)C)cc2)C1=O. The molecule has 2 N–H and O–H groups in total. The van der Waals surface area contributed by atoms with E-state index in [0.29, 0.717) is 5.75 Å². The number of nitrogens with one attached hydrogen (secondary N) is 1. The normalized spacial score (nSPS) is 18.5. The van der Waals surface area contributed by atoms with Gasteiger partial charge in [0.25, 0.3) is 5.91 Å². The van der Waals surface area contributed by atoms with E-state index in [4.69, 9.17) is 4.74 Å². The molecule has 1 aliphatic rings. The second-order valence-electron chi connectivity index (χ2n) is 7.71. The van der Waals surface area contributed by atoms with Crippen molar-refractivity contribution < 1.29 is 19.4 Å². The van der Waals surface area contributed by atoms with Crippen LogP contribution in [0.1, 0.15) is 40.2 Å². The van der Waals surface area contributed by atoms with Crippen molar-refractivity contribution in [3.63, 3.8) is 0 Å². The first-order valence-corrected chi connectivity index (χ1v) is 8.06. The third-order valence-electron chi connectivity index (χ3n) is 4.00. The van der Waals surface area contributed by atoms with Crippen LogP contribution in [0.15, 0.2) is 24.3 Å². The smallest absolute Gasteiger partial charge is 0.325 e. The van der Waals surface area contributed by atoms with E-state index in [9.17, 15) is 14.7 Å². The van der Waals surface area contributed by atoms with Crippen LogP contribution in [0.5, 0.6) is 5.75 Å². The standard InChI is InChI=1S/C18H26N2O4/c1-17(2,3)12-6-8-14(9-7-12)24-11-13(21)10-20-15(22)18(4,5)19-16(20)23/h6-9,13,21H,10-11H2,1-5H3,(H,19,23). The molecule has 0 radical (unpaired) electrons. The Hall–Kier alpha value is -2.08. The molecule has 6 nitrogen and oxygen atoms in total. The van der Waals surface area contributed by atoms with Gasteiger partial charge in [-0.05, 0) is 37.0 Å². The van der Waals surface area contributed by atoms with Crippen LogP contribution in [0.4, 0.5) is 4.79 Å². The zero-order chi connectivity index (χ0) is 18.1. The van der Waals surface area contributed by atoms with Gasteiger partial charge in [-0.25, -0.2) is 4.79 Å². The number of ether oxygens (including phenoxy) is 1. The lowest BCUT2D eigenvalue weighted by Crippen LogP contribution is -2.42. The molecular formula is C18H26N2O4. The highest BCUT2D eigenvalue weighted by atomic mass is 16.5. The lowest BCUT2D eigenvalue weighted by atomic mass is 9.87. The van der Waals surface area contributed by atoms with E-state index in [1.807, 2.05) is 24.3 Å². The summed E-state index contributed by atoms with van der Waals surface area (Å²) in [6, 6.07) is 7.19. The molecule has 0 bridgehead atoms. The molecule has 1 fully saturated rings. The summed E-state index contributed by atoms with van der Waals surface area (Å²) in [5.74, 6) is 0.292. The van der Waals surface area contributed by atoms with Crippen molar-refractivity contribution in [3.05, 3.63) is 29.8 Å². The van der Waals surface area contributed by atoms with Gasteiger partial charge in [0, 0.05) is 0 Å². The Balaban J connectivity index is 1.89. The topological polar surface area (TPSA) is 78.9 Å². The van der Waals surface area contributed by atoms with Gasteiger partial charge < -0.3 is 15.2 Å². The molecule has 1 unspecified atom stereocenters. The van der Waals surface area contributed by atoms with Crippen molar-refractivity contribution in [3.8, 4) is 5.75 Å². The van der Waals surface area contributed by atoms with Gasteiger partial charge in [-0.3, -0.25) is 9.69 Å². The molecule has 2 rings (SSSR count). The average molecular weight is 334 g/mol. The highest BCUT2D eigenvalue weighted by Crippen LogP contribution is 2.24. The highest BCUT2D eigenvalue weighted by Gasteiger charge is 2.44. The van der Waals surface area contributed by atoms with Gasteiger partial charge in [-0.15, -0.1) is 0 Å². The van der Waals surface area contributed by atoms with Crippen LogP contribution in [-0.4, -0.2) is 46.7 Å². The number of amides is 3. The van der Waals surface area contributed by atoms with Crippen LogP contribution in [0.25, 0.3) is 0 Å². The van der Waals surface area contributed by atoms with Crippen molar-refractivity contribution in [2.24, 2.45) is 0 Å². The molecule has 1 aliphatic heterocycles. The zero-order valence-corrected chi connectivity index (χ0v) is 14.9. The van der Waals surface area contributed by atoms with Crippen LogP contribution >= 0.6 is 0 Å². The number of benzene rings is 1. The lowest BCUT2D eigenvalue weighted by molar-refractivity contribution is -0.131. The first-order chi connectivity index (χ1) is 11.0. The van der Waals surface area contributed by atoms with E-state index in [2.05, 4.69) is 26.1 Å². The number of imide groups is 1. The van der Waals surface area contributed by atoms with E-state index in [0.717, 1.165) is 4.90 Å². The second kappa shape index (κ2) is 6.43. The number of hydrogen-bond acceptors (Lipinski definition) is 4. The van der Waals surface area contributed by atoms with Gasteiger partial charge in [0.15, 0.2) is 0 Å². The van der Waals surface area contributed by atoms with Crippen LogP contribution in [-0.2, 0) is 10.2 Å². The van der Waals surface area contributed by atoms with Gasteiger partial charge in [-0.2, -0.15) is 0 Å². The first-order valence-electron chi connectivity index (χ1n) is 8.06. The molecule has 24 heavy (non-hydrogen) atoms. The van der Waals surface area contributed by atoms with E-state index < -0.39 is 17.7 Å². The summed E-state index contributed by atoms with van der Waals surface area (Å²) in [4.78, 5) is 24.9. The fourth-order valence-electron chi connectivity index (χ4n) is 2.49. The Morgan fingerprint density at radius 3 is 2.25 bits per heavy atom. The average Bonchev–Trinajstić information content (AvgIpc) is 2.67. The quantitative estimate of drug-likeness (QED) is 0.808. The van der Waals surface area contributed by atoms with Gasteiger partial charge >= 0.3 is 6.03 Å². The fraction of sp³-hybridized carbons (Fsp3) is 0.556. The number of carbonyl (C=O) groups is 2. The summed E-state index contributed by atoms with van der Waals surface area (Å²) in [6.45, 7) is 9.57. The van der Waals surface area contributed by atoms with E-state index in [1.54, 1.807) is 13.8 Å². The van der Waals surface area contributed by atoms with Crippen LogP contribution in [0.3, 0.4) is 0 Å². The van der Waals surface area contributed by atoms with Crippen molar-refractivity contribution in [2.45, 2.75) is 51.7 Å². The summed E-state index contributed by atoms with van der Waals surface area (Å²) in [6.07, 6.45) is -0.948. The van der Waals surface area contributed by atoms with Gasteiger partial charge in [0.1, 0.15) is 24.0 Å². The molecule has 6 heteroatoms. The number of β-amino-alcohol motifs (C(OH)–C–C–N with tert-alkyl or cyclic N) is 1. The number of carbonyl (C=O) groups excluding carboxylic acids is 2. The Labute approximate surface area is 142 Å². The lowest BCUT2D eigenvalue weighted by Gasteiger charge is -2.21. The Kier molecular flexibility index (Phi) is 4.90. The first kappa shape index (κ1) is 18.3. The van der Waals surface area contributed by atoms with E-state index in [1.165, 1.54) is 5.56 Å². The maximum absolute atomic E-state index is 12.1. The molecule has 1 atom stereocenters. The van der Waals surface area contributed by atoms with E-state index >= 15 is 0 Å². The minimum Gasteiger partial charge on any atom is -0.491 e. The Morgan fingerprint density at radius 2 is 1.79 bits per heavy atom. The van der Waals surface area contributed by atoms with Crippen LogP contribution in [0.2, 0.25) is 0 Å². The predicted octanol–water partition coefficient (Wildman–Crippen LogP) is 2.05. The third kappa shape index (κ3) is 4.06. The van der Waals surface area contributed by atoms with Crippen molar-refractivity contribution >= 4 is 11.9 Å². The largest absolute Gasteiger partial charge is 0.491 e. The maximum atomic E-state index is 12.1. The van der Waals surface area contributed by atoms with Crippen molar-refractivity contribution in [1.29, 1.82) is 0 Å². The number of urea groups is 1. The number of hydrogen-bond donors (Lipinski definition) is 2. The molecule has 0 aliphatic carbocycles. The number of aliphatic hydroxyl groups is 1. The molecule has 0 aromatic heterocycles. The third-order valence-corrected chi connectivity index (χ3v) is 4.00. The molecule has 0 saturated carbocycles. The summed E-state index contributed by atoms with van der Waals surface area (Å²) in [5, 5.41) is 12.6. The molecule has 1 saturated heterocycles. The number of nitrogens with zero attached hydrogens (tertiary/aromatic N) is 1. The molecule has 132 valence electrons. The fourth-order valence-corrected chi connectivity index (χ4v) is 2.49. The molecule has 1 aromatic rings. The summed E-state index contributed by atoms with van der Waals surface area (Å²) in [5.41, 5.74) is 0.325. The molecule has 3 amide bonds. The molecule has 0 spiro atoms. The maximum Gasteiger partial charge on any atom is 0.325 e. The zero-order valence-electron chi connectivity index (χ0n) is 14.9. The van der Waals surface area contributed by atoms with Crippen LogP contribution in [0, 0.1) is 0 Å². The summed E-state index contributed by atoms with van der Waals surface area (Å²) in [7, 11) is 0. The van der Waals surface area contributed by atoms with Gasteiger partial charge in [0.05, 0.1) is 6.54 Å². The second-order valence-corrected chi connectivity index (χ2v) is 7.71. The van der Waals surface area contributed by atoms with Crippen molar-refractivity contribution in [1.82, 2.24) is 10.2 Å². The Bertz CT molecular complexity index is 617. The van der Waals surface area contributed by atoms with Gasteiger partial charge in [-0.1, -0.05) is 32.9 Å². The molecular weight excluding hydrogens is 308 g/mol. The predicted molar refractivity (Wildman–Crippen MR) is 91.0 cm³/mol. The highest BCUT2D eigenvalue weighted by molar-refractivity contribution is 6.06. The Morgan fingerprint density at radius 1 is 1.21 bits per heavy atom. The van der Waals surface area contributed by atoms with Gasteiger partial charge in [0.2, 0.25) is 0 Å².